The van der Waals surface area contributed by atoms with Crippen molar-refractivity contribution in [2.75, 3.05) is 0 Å². The van der Waals surface area contributed by atoms with Gasteiger partial charge in [0.25, 0.3) is 0 Å². The fourth-order valence-corrected chi connectivity index (χ4v) is 2.93. The van der Waals surface area contributed by atoms with Gasteiger partial charge in [-0.15, -0.1) is 0 Å². The fraction of sp³-hybridized carbons (Fsp3) is 0.0455. The van der Waals surface area contributed by atoms with Gasteiger partial charge in [-0.2, -0.15) is 0 Å². The lowest BCUT2D eigenvalue weighted by Crippen LogP contribution is -2.08. The molecule has 3 rings (SSSR count). The standard InChI is InChI=1S/C22H16BrNO4/c1-14-5-7-16(8-6-14)22(27)28-20-10-15(9-18(23)12-20)13-24-19-4-2-3-17(11-19)21(25)26/h2-13H,1H3,(H,25,26). The second-order valence-electron chi connectivity index (χ2n) is 6.09. The molecule has 1 N–H and O–H groups in total. The zero-order valence-corrected chi connectivity index (χ0v) is 16.5. The van der Waals surface area contributed by atoms with Gasteiger partial charge in [-0.1, -0.05) is 39.7 Å². The number of carbonyl (C=O) groups excluding carboxylic acids is 1. The molecule has 0 saturated carbocycles. The quantitative estimate of drug-likeness (QED) is 0.328. The van der Waals surface area contributed by atoms with Crippen molar-refractivity contribution in [1.29, 1.82) is 0 Å². The molecule has 0 aromatic heterocycles. The van der Waals surface area contributed by atoms with Gasteiger partial charge in [-0.05, 0) is 61.0 Å². The first kappa shape index (κ1) is 19.5. The van der Waals surface area contributed by atoms with Crippen LogP contribution in [-0.4, -0.2) is 23.3 Å². The summed E-state index contributed by atoms with van der Waals surface area (Å²) in [5.41, 5.74) is 2.90. The van der Waals surface area contributed by atoms with E-state index >= 15 is 0 Å². The molecule has 0 spiro atoms. The Morgan fingerprint density at radius 1 is 1.00 bits per heavy atom. The molecule has 0 saturated heterocycles. The summed E-state index contributed by atoms with van der Waals surface area (Å²) in [5.74, 6) is -1.08. The molecule has 28 heavy (non-hydrogen) atoms. The molecule has 140 valence electrons. The number of hydrogen-bond acceptors (Lipinski definition) is 4. The first-order valence-corrected chi connectivity index (χ1v) is 9.17. The maximum Gasteiger partial charge on any atom is 0.343 e. The third-order valence-corrected chi connectivity index (χ3v) is 4.31. The number of carboxylic acid groups (broad SMARTS) is 1. The van der Waals surface area contributed by atoms with E-state index in [0.717, 1.165) is 10.0 Å². The second-order valence-corrected chi connectivity index (χ2v) is 7.01. The van der Waals surface area contributed by atoms with Crippen LogP contribution in [0.4, 0.5) is 5.69 Å². The highest BCUT2D eigenvalue weighted by molar-refractivity contribution is 9.10. The molecule has 0 atom stereocenters. The van der Waals surface area contributed by atoms with E-state index in [0.29, 0.717) is 22.6 Å². The van der Waals surface area contributed by atoms with Crippen LogP contribution >= 0.6 is 15.9 Å². The number of aryl methyl sites for hydroxylation is 1. The monoisotopic (exact) mass is 437 g/mol. The highest BCUT2D eigenvalue weighted by Gasteiger charge is 2.09. The topological polar surface area (TPSA) is 76.0 Å². The van der Waals surface area contributed by atoms with Crippen molar-refractivity contribution < 1.29 is 19.4 Å². The predicted octanol–water partition coefficient (Wildman–Crippen LogP) is 5.43. The van der Waals surface area contributed by atoms with Gasteiger partial charge in [0.1, 0.15) is 5.75 Å². The fourth-order valence-electron chi connectivity index (χ4n) is 2.44. The summed E-state index contributed by atoms with van der Waals surface area (Å²) in [6.07, 6.45) is 1.58. The molecule has 0 bridgehead atoms. The Hall–Kier alpha value is -3.25. The van der Waals surface area contributed by atoms with Crippen LogP contribution in [0.2, 0.25) is 0 Å². The van der Waals surface area contributed by atoms with Crippen LogP contribution < -0.4 is 4.74 Å². The average molecular weight is 438 g/mol. The van der Waals surface area contributed by atoms with E-state index < -0.39 is 11.9 Å². The van der Waals surface area contributed by atoms with Crippen molar-refractivity contribution in [2.45, 2.75) is 6.92 Å². The van der Waals surface area contributed by atoms with Crippen LogP contribution in [0.1, 0.15) is 31.8 Å². The van der Waals surface area contributed by atoms with Crippen molar-refractivity contribution in [3.05, 3.63) is 93.5 Å². The van der Waals surface area contributed by atoms with E-state index in [1.165, 1.54) is 12.1 Å². The van der Waals surface area contributed by atoms with Crippen LogP contribution in [0.15, 0.2) is 76.2 Å². The molecule has 3 aromatic carbocycles. The number of carbonyl (C=O) groups is 2. The van der Waals surface area contributed by atoms with Gasteiger partial charge >= 0.3 is 11.9 Å². The molecular weight excluding hydrogens is 422 g/mol. The highest BCUT2D eigenvalue weighted by Crippen LogP contribution is 2.23. The number of aromatic carboxylic acids is 1. The average Bonchev–Trinajstić information content (AvgIpc) is 2.66. The van der Waals surface area contributed by atoms with Crippen LogP contribution in [-0.2, 0) is 0 Å². The molecule has 0 fully saturated rings. The number of ether oxygens (including phenoxy) is 1. The minimum Gasteiger partial charge on any atom is -0.478 e. The maximum absolute atomic E-state index is 12.3. The van der Waals surface area contributed by atoms with Crippen LogP contribution in [0.5, 0.6) is 5.75 Å². The van der Waals surface area contributed by atoms with Crippen molar-refractivity contribution in [3.8, 4) is 5.75 Å². The van der Waals surface area contributed by atoms with Gasteiger partial charge in [-0.25, -0.2) is 9.59 Å². The number of halogens is 1. The maximum atomic E-state index is 12.3. The molecule has 0 radical (unpaired) electrons. The molecule has 0 heterocycles. The molecule has 5 nitrogen and oxygen atoms in total. The molecular formula is C22H16BrNO4. The minimum absolute atomic E-state index is 0.164. The van der Waals surface area contributed by atoms with Gasteiger partial charge in [-0.3, -0.25) is 4.99 Å². The Kier molecular flexibility index (Phi) is 6.01. The number of hydrogen-bond donors (Lipinski definition) is 1. The first-order valence-electron chi connectivity index (χ1n) is 8.37. The minimum atomic E-state index is -1.01. The summed E-state index contributed by atoms with van der Waals surface area (Å²) in [6.45, 7) is 1.95. The van der Waals surface area contributed by atoms with Crippen LogP contribution in [0, 0.1) is 6.92 Å². The lowest BCUT2D eigenvalue weighted by Gasteiger charge is -2.06. The number of benzene rings is 3. The molecule has 6 heteroatoms. The Labute approximate surface area is 170 Å². The summed E-state index contributed by atoms with van der Waals surface area (Å²) in [6, 6.07) is 18.6. The lowest BCUT2D eigenvalue weighted by molar-refractivity contribution is 0.0694. The smallest absolute Gasteiger partial charge is 0.343 e. The Bertz CT molecular complexity index is 1060. The molecule has 0 aliphatic carbocycles. The molecule has 3 aromatic rings. The highest BCUT2D eigenvalue weighted by atomic mass is 79.9. The number of esters is 1. The Morgan fingerprint density at radius 2 is 1.75 bits per heavy atom. The van der Waals surface area contributed by atoms with Gasteiger partial charge in [0.05, 0.1) is 16.8 Å². The van der Waals surface area contributed by atoms with E-state index in [-0.39, 0.29) is 5.56 Å². The van der Waals surface area contributed by atoms with Crippen molar-refractivity contribution in [3.63, 3.8) is 0 Å². The summed E-state index contributed by atoms with van der Waals surface area (Å²) in [7, 11) is 0. The first-order chi connectivity index (χ1) is 13.4. The SMILES string of the molecule is Cc1ccc(C(=O)Oc2cc(Br)cc(C=Nc3cccc(C(=O)O)c3)c2)cc1. The third-order valence-electron chi connectivity index (χ3n) is 3.85. The number of carboxylic acids is 1. The normalized spacial score (nSPS) is 10.8. The van der Waals surface area contributed by atoms with E-state index in [4.69, 9.17) is 9.84 Å². The van der Waals surface area contributed by atoms with Gasteiger partial charge in [0, 0.05) is 10.7 Å². The van der Waals surface area contributed by atoms with E-state index in [1.807, 2.05) is 25.1 Å². The van der Waals surface area contributed by atoms with Crippen LogP contribution in [0.25, 0.3) is 0 Å². The summed E-state index contributed by atoms with van der Waals surface area (Å²) in [4.78, 5) is 27.6. The number of nitrogens with zero attached hydrogens (tertiary/aromatic N) is 1. The van der Waals surface area contributed by atoms with Crippen molar-refractivity contribution >= 4 is 39.8 Å². The van der Waals surface area contributed by atoms with Gasteiger partial charge in [0.15, 0.2) is 0 Å². The third kappa shape index (κ3) is 5.14. The predicted molar refractivity (Wildman–Crippen MR) is 111 cm³/mol. The number of aliphatic imine (C=N–C) groups is 1. The summed E-state index contributed by atoms with van der Waals surface area (Å²) < 4.78 is 6.18. The zero-order valence-electron chi connectivity index (χ0n) is 14.9. The van der Waals surface area contributed by atoms with E-state index in [2.05, 4.69) is 20.9 Å². The van der Waals surface area contributed by atoms with Crippen molar-refractivity contribution in [2.24, 2.45) is 4.99 Å². The number of rotatable bonds is 5. The van der Waals surface area contributed by atoms with Crippen LogP contribution in [0.3, 0.4) is 0 Å². The van der Waals surface area contributed by atoms with E-state index in [9.17, 15) is 9.59 Å². The summed E-state index contributed by atoms with van der Waals surface area (Å²) in [5, 5.41) is 9.05. The Morgan fingerprint density at radius 3 is 2.46 bits per heavy atom. The molecule has 0 aliphatic rings. The Balaban J connectivity index is 1.79. The zero-order chi connectivity index (χ0) is 20.1. The summed E-state index contributed by atoms with van der Waals surface area (Å²) >= 11 is 3.39. The lowest BCUT2D eigenvalue weighted by atomic mass is 10.1. The van der Waals surface area contributed by atoms with E-state index in [1.54, 1.807) is 42.6 Å². The molecule has 0 amide bonds. The second kappa shape index (κ2) is 8.63. The van der Waals surface area contributed by atoms with Gasteiger partial charge in [0.2, 0.25) is 0 Å². The molecule has 0 aliphatic heterocycles. The van der Waals surface area contributed by atoms with Gasteiger partial charge < -0.3 is 9.84 Å². The molecule has 0 unspecified atom stereocenters. The van der Waals surface area contributed by atoms with Crippen molar-refractivity contribution in [1.82, 2.24) is 0 Å². The largest absolute Gasteiger partial charge is 0.478 e.